The smallest absolute Gasteiger partial charge is 0.352 e. The number of nitrogens with zero attached hydrogens (tertiary/aromatic N) is 1. The Hall–Kier alpha value is -2.08. The van der Waals surface area contributed by atoms with E-state index in [0.29, 0.717) is 29.4 Å². The summed E-state index contributed by atoms with van der Waals surface area (Å²) >= 11 is 5.99. The molecule has 0 bridgehead atoms. The maximum absolute atomic E-state index is 12.1. The minimum Gasteiger partial charge on any atom is -0.352 e. The number of halogens is 1. The number of carbonyl (C=O) groups excluding carboxylic acids is 1. The summed E-state index contributed by atoms with van der Waals surface area (Å²) in [6, 6.07) is 3.52. The molecule has 1 amide bonds. The molecule has 0 aliphatic heterocycles. The van der Waals surface area contributed by atoms with Gasteiger partial charge in [0.2, 0.25) is 0 Å². The Labute approximate surface area is 120 Å². The Bertz CT molecular complexity index is 690. The number of nitrogens with one attached hydrogen (secondary N) is 2. The summed E-state index contributed by atoms with van der Waals surface area (Å²) in [4.78, 5) is 25.2. The van der Waals surface area contributed by atoms with Crippen molar-refractivity contribution >= 4 is 17.5 Å². The van der Waals surface area contributed by atoms with Gasteiger partial charge in [-0.1, -0.05) is 16.8 Å². The highest BCUT2D eigenvalue weighted by Crippen LogP contribution is 2.20. The van der Waals surface area contributed by atoms with Gasteiger partial charge in [-0.2, -0.15) is 0 Å². The lowest BCUT2D eigenvalue weighted by Crippen LogP contribution is -2.26. The number of H-pyrrole nitrogens is 1. The second kappa shape index (κ2) is 5.92. The minimum atomic E-state index is -0.601. The van der Waals surface area contributed by atoms with Gasteiger partial charge in [0.05, 0.1) is 0 Å². The van der Waals surface area contributed by atoms with Gasteiger partial charge in [-0.3, -0.25) is 14.3 Å². The summed E-state index contributed by atoms with van der Waals surface area (Å²) < 4.78 is 4.37. The molecule has 106 valence electrons. The van der Waals surface area contributed by atoms with Crippen LogP contribution < -0.4 is 11.1 Å². The molecule has 2 aromatic rings. The zero-order valence-electron chi connectivity index (χ0n) is 11.1. The van der Waals surface area contributed by atoms with E-state index in [1.165, 1.54) is 0 Å². The lowest BCUT2D eigenvalue weighted by Gasteiger charge is -2.09. The number of hydrogen-bond acceptors (Lipinski definition) is 4. The first-order valence-corrected chi connectivity index (χ1v) is 6.45. The van der Waals surface area contributed by atoms with Crippen LogP contribution in [0.3, 0.4) is 0 Å². The highest BCUT2D eigenvalue weighted by molar-refractivity contribution is 6.31. The molecule has 1 aromatic heterocycles. The molecule has 2 rings (SSSR count). The summed E-state index contributed by atoms with van der Waals surface area (Å²) in [7, 11) is 0. The van der Waals surface area contributed by atoms with Gasteiger partial charge in [0.1, 0.15) is 0 Å². The Kier molecular flexibility index (Phi) is 4.24. The molecule has 0 aliphatic carbocycles. The van der Waals surface area contributed by atoms with E-state index in [4.69, 9.17) is 11.6 Å². The first kappa shape index (κ1) is 14.3. The van der Waals surface area contributed by atoms with E-state index in [1.54, 1.807) is 12.1 Å². The van der Waals surface area contributed by atoms with Gasteiger partial charge in [-0.05, 0) is 37.1 Å². The summed E-state index contributed by atoms with van der Waals surface area (Å²) in [5.41, 5.74) is 2.25. The molecule has 1 aromatic carbocycles. The van der Waals surface area contributed by atoms with Crippen molar-refractivity contribution in [3.05, 3.63) is 50.2 Å². The van der Waals surface area contributed by atoms with Crippen molar-refractivity contribution in [2.75, 3.05) is 6.54 Å². The number of benzene rings is 1. The van der Waals surface area contributed by atoms with E-state index >= 15 is 0 Å². The topological polar surface area (TPSA) is 88.0 Å². The van der Waals surface area contributed by atoms with Crippen molar-refractivity contribution in [2.24, 2.45) is 0 Å². The third-order valence-electron chi connectivity index (χ3n) is 2.88. The molecule has 6 nitrogen and oxygen atoms in total. The molecular formula is C13H14ClN3O3. The Morgan fingerprint density at radius 2 is 2.15 bits per heavy atom. The predicted molar refractivity (Wildman–Crippen MR) is 74.1 cm³/mol. The maximum Gasteiger partial charge on any atom is 0.438 e. The van der Waals surface area contributed by atoms with Crippen LogP contribution in [0.25, 0.3) is 0 Å². The molecule has 1 heterocycles. The van der Waals surface area contributed by atoms with E-state index in [-0.39, 0.29) is 5.91 Å². The van der Waals surface area contributed by atoms with Crippen molar-refractivity contribution < 1.29 is 9.32 Å². The lowest BCUT2D eigenvalue weighted by molar-refractivity contribution is 0.0953. The molecule has 0 spiro atoms. The van der Waals surface area contributed by atoms with Crippen LogP contribution in [-0.4, -0.2) is 22.6 Å². The molecule has 7 heteroatoms. The number of hydrogen-bond donors (Lipinski definition) is 2. The van der Waals surface area contributed by atoms with Crippen molar-refractivity contribution in [2.45, 2.75) is 20.3 Å². The SMILES string of the molecule is Cc1cc(C(=O)NCCc2noc(=O)[nH]2)c(C)cc1Cl. The summed E-state index contributed by atoms with van der Waals surface area (Å²) in [6.07, 6.45) is 0.392. The molecular weight excluding hydrogens is 282 g/mol. The lowest BCUT2D eigenvalue weighted by atomic mass is 10.0. The third kappa shape index (κ3) is 3.27. The maximum atomic E-state index is 12.1. The number of aromatic nitrogens is 2. The van der Waals surface area contributed by atoms with Gasteiger partial charge in [0.15, 0.2) is 5.82 Å². The van der Waals surface area contributed by atoms with Crippen LogP contribution in [0.5, 0.6) is 0 Å². The van der Waals surface area contributed by atoms with Gasteiger partial charge < -0.3 is 5.32 Å². The van der Waals surface area contributed by atoms with E-state index in [2.05, 4.69) is 20.0 Å². The highest BCUT2D eigenvalue weighted by atomic mass is 35.5. The average Bonchev–Trinajstić information content (AvgIpc) is 2.79. The third-order valence-corrected chi connectivity index (χ3v) is 3.29. The van der Waals surface area contributed by atoms with Gasteiger partial charge in [-0.25, -0.2) is 4.79 Å². The number of amides is 1. The fraction of sp³-hybridized carbons (Fsp3) is 0.308. The monoisotopic (exact) mass is 295 g/mol. The summed E-state index contributed by atoms with van der Waals surface area (Å²) in [5, 5.41) is 6.91. The molecule has 0 radical (unpaired) electrons. The second-order valence-electron chi connectivity index (χ2n) is 4.46. The van der Waals surface area contributed by atoms with E-state index in [9.17, 15) is 9.59 Å². The number of aryl methyl sites for hydroxylation is 2. The van der Waals surface area contributed by atoms with Crippen LogP contribution in [-0.2, 0) is 6.42 Å². The van der Waals surface area contributed by atoms with E-state index < -0.39 is 5.76 Å². The second-order valence-corrected chi connectivity index (χ2v) is 4.87. The summed E-state index contributed by atoms with van der Waals surface area (Å²) in [6.45, 7) is 4.02. The van der Waals surface area contributed by atoms with Gasteiger partial charge in [0, 0.05) is 23.6 Å². The molecule has 0 fully saturated rings. The molecule has 0 unspecified atom stereocenters. The number of rotatable bonds is 4. The van der Waals surface area contributed by atoms with E-state index in [0.717, 1.165) is 11.1 Å². The fourth-order valence-corrected chi connectivity index (χ4v) is 2.00. The van der Waals surface area contributed by atoms with Crippen LogP contribution in [0.4, 0.5) is 0 Å². The quantitative estimate of drug-likeness (QED) is 0.897. The van der Waals surface area contributed by atoms with Crippen LogP contribution in [0.1, 0.15) is 27.3 Å². The van der Waals surface area contributed by atoms with Crippen molar-refractivity contribution in [1.29, 1.82) is 0 Å². The van der Waals surface area contributed by atoms with Gasteiger partial charge >= 0.3 is 5.76 Å². The Morgan fingerprint density at radius 3 is 2.80 bits per heavy atom. The van der Waals surface area contributed by atoms with Gasteiger partial charge in [0.25, 0.3) is 5.91 Å². The van der Waals surface area contributed by atoms with Crippen LogP contribution in [0.15, 0.2) is 21.5 Å². The number of aromatic amines is 1. The van der Waals surface area contributed by atoms with Gasteiger partial charge in [-0.15, -0.1) is 0 Å². The zero-order chi connectivity index (χ0) is 14.7. The zero-order valence-corrected chi connectivity index (χ0v) is 11.9. The predicted octanol–water partition coefficient (Wildman–Crippen LogP) is 1.61. The first-order valence-electron chi connectivity index (χ1n) is 6.07. The largest absolute Gasteiger partial charge is 0.438 e. The molecule has 0 saturated carbocycles. The molecule has 2 N–H and O–H groups in total. The van der Waals surface area contributed by atoms with Crippen molar-refractivity contribution in [3.63, 3.8) is 0 Å². The van der Waals surface area contributed by atoms with Crippen molar-refractivity contribution in [3.8, 4) is 0 Å². The molecule has 0 atom stereocenters. The van der Waals surface area contributed by atoms with E-state index in [1.807, 2.05) is 13.8 Å². The molecule has 0 saturated heterocycles. The molecule has 0 aliphatic rings. The first-order chi connectivity index (χ1) is 9.47. The van der Waals surface area contributed by atoms with Crippen LogP contribution in [0, 0.1) is 13.8 Å². The number of carbonyl (C=O) groups is 1. The van der Waals surface area contributed by atoms with Crippen LogP contribution >= 0.6 is 11.6 Å². The Morgan fingerprint density at radius 1 is 1.40 bits per heavy atom. The van der Waals surface area contributed by atoms with Crippen molar-refractivity contribution in [1.82, 2.24) is 15.5 Å². The van der Waals surface area contributed by atoms with Crippen LogP contribution in [0.2, 0.25) is 5.02 Å². The molecule has 20 heavy (non-hydrogen) atoms. The highest BCUT2D eigenvalue weighted by Gasteiger charge is 2.11. The Balaban J connectivity index is 1.98. The minimum absolute atomic E-state index is 0.187. The normalized spacial score (nSPS) is 10.6. The fourth-order valence-electron chi connectivity index (χ4n) is 1.78. The standard InChI is InChI=1S/C13H14ClN3O3/c1-7-6-10(14)8(2)5-9(7)12(18)15-4-3-11-16-13(19)20-17-11/h5-6H,3-4H2,1-2H3,(H,15,18)(H,16,17,19). The average molecular weight is 296 g/mol. The summed E-state index contributed by atoms with van der Waals surface area (Å²) in [5.74, 6) is -0.386.